The van der Waals surface area contributed by atoms with E-state index in [-0.39, 0.29) is 16.6 Å². The molecule has 0 amide bonds. The molecule has 0 aliphatic carbocycles. The zero-order chi connectivity index (χ0) is 13.8. The van der Waals surface area contributed by atoms with Crippen molar-refractivity contribution in [2.45, 2.75) is 19.9 Å². The topological polar surface area (TPSA) is 77.2 Å². The Bertz CT molecular complexity index is 598. The summed E-state index contributed by atoms with van der Waals surface area (Å²) >= 11 is 5.74. The highest BCUT2D eigenvalue weighted by Crippen LogP contribution is 2.24. The van der Waals surface area contributed by atoms with Crippen LogP contribution in [0.4, 0.5) is 0 Å². The molecule has 2 rings (SSSR count). The Hall–Kier alpha value is -2.08. The fourth-order valence-corrected chi connectivity index (χ4v) is 1.66. The summed E-state index contributed by atoms with van der Waals surface area (Å²) in [5.74, 6) is -0.748. The molecule has 0 radical (unpaired) electrons. The molecule has 0 atom stereocenters. The second-order valence-corrected chi connectivity index (χ2v) is 4.22. The Morgan fingerprint density at radius 3 is 3.00 bits per heavy atom. The van der Waals surface area contributed by atoms with Crippen LogP contribution in [0.25, 0.3) is 0 Å². The van der Waals surface area contributed by atoms with Crippen LogP contribution in [0.15, 0.2) is 24.5 Å². The normalized spacial score (nSPS) is 10.4. The molecule has 0 spiro atoms. The first-order chi connectivity index (χ1) is 9.10. The largest absolute Gasteiger partial charge is 0.477 e. The lowest BCUT2D eigenvalue weighted by atomic mass is 10.3. The minimum absolute atomic E-state index is 0.0453. The Morgan fingerprint density at radius 2 is 2.32 bits per heavy atom. The molecular weight excluding hydrogens is 270 g/mol. The van der Waals surface area contributed by atoms with Crippen molar-refractivity contribution in [2.24, 2.45) is 0 Å². The molecule has 0 fully saturated rings. The predicted molar refractivity (Wildman–Crippen MR) is 68.8 cm³/mol. The number of carbonyl (C=O) groups is 1. The summed E-state index contributed by atoms with van der Waals surface area (Å²) in [4.78, 5) is 14.9. The maximum Gasteiger partial charge on any atom is 0.341 e. The third kappa shape index (κ3) is 3.23. The van der Waals surface area contributed by atoms with Gasteiger partial charge >= 0.3 is 5.97 Å². The summed E-state index contributed by atoms with van der Waals surface area (Å²) in [7, 11) is 0. The molecule has 2 aromatic rings. The number of carboxylic acids is 1. The van der Waals surface area contributed by atoms with Gasteiger partial charge in [0.15, 0.2) is 5.75 Å². The Labute approximate surface area is 114 Å². The van der Waals surface area contributed by atoms with Crippen molar-refractivity contribution in [1.29, 1.82) is 0 Å². The lowest BCUT2D eigenvalue weighted by Gasteiger charge is -2.05. The van der Waals surface area contributed by atoms with Gasteiger partial charge in [0.25, 0.3) is 0 Å². The van der Waals surface area contributed by atoms with Crippen LogP contribution in [-0.4, -0.2) is 25.8 Å². The molecule has 2 aromatic heterocycles. The minimum Gasteiger partial charge on any atom is -0.477 e. The molecule has 0 saturated heterocycles. The lowest BCUT2D eigenvalue weighted by Crippen LogP contribution is -2.01. The van der Waals surface area contributed by atoms with Gasteiger partial charge in [-0.1, -0.05) is 18.5 Å². The summed E-state index contributed by atoms with van der Waals surface area (Å²) in [6.07, 6.45) is 4.12. The molecule has 6 nitrogen and oxygen atoms in total. The quantitative estimate of drug-likeness (QED) is 0.853. The van der Waals surface area contributed by atoms with E-state index in [2.05, 4.69) is 10.1 Å². The monoisotopic (exact) mass is 281 g/mol. The molecule has 19 heavy (non-hydrogen) atoms. The summed E-state index contributed by atoms with van der Waals surface area (Å²) in [6, 6.07) is 2.75. The highest BCUT2D eigenvalue weighted by molar-refractivity contribution is 6.29. The standard InChI is InChI=1S/C12H12ClN3O3/c1-2-5-16-7-8(6-14-16)19-11-9(12(17)18)3-4-10(13)15-11/h3-4,6-7H,2,5H2,1H3,(H,17,18). The van der Waals surface area contributed by atoms with E-state index >= 15 is 0 Å². The number of rotatable bonds is 5. The van der Waals surface area contributed by atoms with Crippen LogP contribution < -0.4 is 4.74 Å². The van der Waals surface area contributed by atoms with Crippen molar-refractivity contribution in [2.75, 3.05) is 0 Å². The fraction of sp³-hybridized carbons (Fsp3) is 0.250. The van der Waals surface area contributed by atoms with E-state index in [1.165, 1.54) is 18.3 Å². The predicted octanol–water partition coefficient (Wildman–Crippen LogP) is 2.83. The van der Waals surface area contributed by atoms with Crippen molar-refractivity contribution in [3.05, 3.63) is 35.2 Å². The van der Waals surface area contributed by atoms with Crippen LogP contribution in [-0.2, 0) is 6.54 Å². The van der Waals surface area contributed by atoms with Crippen molar-refractivity contribution in [1.82, 2.24) is 14.8 Å². The van der Waals surface area contributed by atoms with Gasteiger partial charge in [-0.2, -0.15) is 5.10 Å². The second kappa shape index (κ2) is 5.71. The first-order valence-corrected chi connectivity index (χ1v) is 6.08. The van der Waals surface area contributed by atoms with Gasteiger partial charge in [-0.15, -0.1) is 0 Å². The van der Waals surface area contributed by atoms with Gasteiger partial charge in [0.1, 0.15) is 10.7 Å². The van der Waals surface area contributed by atoms with Gasteiger partial charge in [0.05, 0.1) is 12.4 Å². The molecule has 0 aliphatic heterocycles. The van der Waals surface area contributed by atoms with E-state index in [9.17, 15) is 4.79 Å². The average Bonchev–Trinajstić information content (AvgIpc) is 2.77. The Kier molecular flexibility index (Phi) is 4.01. The highest BCUT2D eigenvalue weighted by atomic mass is 35.5. The number of pyridine rings is 1. The second-order valence-electron chi connectivity index (χ2n) is 3.83. The first kappa shape index (κ1) is 13.4. The van der Waals surface area contributed by atoms with Crippen molar-refractivity contribution >= 4 is 17.6 Å². The van der Waals surface area contributed by atoms with Crippen molar-refractivity contribution in [3.8, 4) is 11.6 Å². The Morgan fingerprint density at radius 1 is 1.53 bits per heavy atom. The number of halogens is 1. The third-order valence-electron chi connectivity index (χ3n) is 2.33. The van der Waals surface area contributed by atoms with Gasteiger partial charge in [-0.25, -0.2) is 9.78 Å². The van der Waals surface area contributed by atoms with Gasteiger partial charge in [-0.3, -0.25) is 4.68 Å². The van der Waals surface area contributed by atoms with Gasteiger partial charge in [-0.05, 0) is 18.6 Å². The first-order valence-electron chi connectivity index (χ1n) is 5.70. The van der Waals surface area contributed by atoms with E-state index in [0.717, 1.165) is 13.0 Å². The zero-order valence-corrected chi connectivity index (χ0v) is 11.0. The molecular formula is C12H12ClN3O3. The SMILES string of the molecule is CCCn1cc(Oc2nc(Cl)ccc2C(=O)O)cn1. The van der Waals surface area contributed by atoms with E-state index in [0.29, 0.717) is 5.75 Å². The van der Waals surface area contributed by atoms with Crippen molar-refractivity contribution in [3.63, 3.8) is 0 Å². The summed E-state index contributed by atoms with van der Waals surface area (Å²) in [6.45, 7) is 2.79. The molecule has 0 unspecified atom stereocenters. The summed E-state index contributed by atoms with van der Waals surface area (Å²) in [5, 5.41) is 13.3. The number of aryl methyl sites for hydroxylation is 1. The van der Waals surface area contributed by atoms with E-state index < -0.39 is 5.97 Å². The molecule has 100 valence electrons. The molecule has 2 heterocycles. The molecule has 0 bridgehead atoms. The average molecular weight is 282 g/mol. The maximum absolute atomic E-state index is 11.0. The number of hydrogen-bond acceptors (Lipinski definition) is 4. The molecule has 7 heteroatoms. The van der Waals surface area contributed by atoms with Gasteiger partial charge in [0, 0.05) is 6.54 Å². The number of nitrogens with zero attached hydrogens (tertiary/aromatic N) is 3. The van der Waals surface area contributed by atoms with Crippen LogP contribution in [0.2, 0.25) is 5.15 Å². The van der Waals surface area contributed by atoms with Crippen molar-refractivity contribution < 1.29 is 14.6 Å². The number of aromatic carboxylic acids is 1. The number of aromatic nitrogens is 3. The Balaban J connectivity index is 2.26. The number of hydrogen-bond donors (Lipinski definition) is 1. The van der Waals surface area contributed by atoms with E-state index in [1.807, 2.05) is 6.92 Å². The maximum atomic E-state index is 11.0. The van der Waals surface area contributed by atoms with Gasteiger partial charge < -0.3 is 9.84 Å². The fourth-order valence-electron chi connectivity index (χ4n) is 1.52. The van der Waals surface area contributed by atoms with Crippen LogP contribution in [0.3, 0.4) is 0 Å². The van der Waals surface area contributed by atoms with Gasteiger partial charge in [0.2, 0.25) is 5.88 Å². The molecule has 0 aliphatic rings. The summed E-state index contributed by atoms with van der Waals surface area (Å²) < 4.78 is 7.13. The molecule has 0 aromatic carbocycles. The van der Waals surface area contributed by atoms with Crippen LogP contribution in [0, 0.1) is 0 Å². The lowest BCUT2D eigenvalue weighted by molar-refractivity contribution is 0.0693. The highest BCUT2D eigenvalue weighted by Gasteiger charge is 2.15. The molecule has 1 N–H and O–H groups in total. The minimum atomic E-state index is -1.12. The van der Waals surface area contributed by atoms with E-state index in [4.69, 9.17) is 21.4 Å². The third-order valence-corrected chi connectivity index (χ3v) is 2.54. The van der Waals surface area contributed by atoms with Crippen LogP contribution >= 0.6 is 11.6 Å². The van der Waals surface area contributed by atoms with Crippen LogP contribution in [0.5, 0.6) is 11.6 Å². The van der Waals surface area contributed by atoms with Crippen LogP contribution in [0.1, 0.15) is 23.7 Å². The zero-order valence-electron chi connectivity index (χ0n) is 10.2. The summed E-state index contributed by atoms with van der Waals surface area (Å²) in [5.41, 5.74) is -0.0485. The molecule has 0 saturated carbocycles. The smallest absolute Gasteiger partial charge is 0.341 e. The number of carboxylic acid groups (broad SMARTS) is 1. The number of ether oxygens (including phenoxy) is 1. The van der Waals surface area contributed by atoms with E-state index in [1.54, 1.807) is 10.9 Å².